The van der Waals surface area contributed by atoms with E-state index in [1.165, 1.54) is 0 Å². The van der Waals surface area contributed by atoms with E-state index in [9.17, 15) is 9.18 Å². The third-order valence-corrected chi connectivity index (χ3v) is 3.65. The molecular weight excluding hydrogens is 217 g/mol. The second kappa shape index (κ2) is 4.80. The normalized spacial score (nSPS) is 17.8. The van der Waals surface area contributed by atoms with Crippen LogP contribution in [-0.4, -0.2) is 6.08 Å². The summed E-state index contributed by atoms with van der Waals surface area (Å²) in [6.07, 6.45) is 5.53. The molecule has 0 spiro atoms. The number of benzene rings is 1. The summed E-state index contributed by atoms with van der Waals surface area (Å²) in [5.74, 6) is 0. The smallest absolute Gasteiger partial charge is 0.235 e. The summed E-state index contributed by atoms with van der Waals surface area (Å²) in [5, 5.41) is 0. The standard InChI is InChI=1S/C14H16FNO/c1-11-4-5-12(9-15)8-13(11)14(16-10-17)6-2-3-7-14/h4-5,8H,2-3,6-7,9H2,1H3. The van der Waals surface area contributed by atoms with Gasteiger partial charge in [-0.1, -0.05) is 31.0 Å². The molecule has 0 amide bonds. The average Bonchev–Trinajstić information content (AvgIpc) is 2.80. The highest BCUT2D eigenvalue weighted by atomic mass is 19.1. The number of hydrogen-bond donors (Lipinski definition) is 0. The molecule has 2 nitrogen and oxygen atoms in total. The van der Waals surface area contributed by atoms with Crippen LogP contribution in [0.25, 0.3) is 0 Å². The molecule has 0 saturated heterocycles. The van der Waals surface area contributed by atoms with Crippen molar-refractivity contribution in [2.24, 2.45) is 4.99 Å². The summed E-state index contributed by atoms with van der Waals surface area (Å²) in [7, 11) is 0. The van der Waals surface area contributed by atoms with Gasteiger partial charge in [0.15, 0.2) is 0 Å². The van der Waals surface area contributed by atoms with Crippen LogP contribution >= 0.6 is 0 Å². The summed E-state index contributed by atoms with van der Waals surface area (Å²) < 4.78 is 12.7. The van der Waals surface area contributed by atoms with Gasteiger partial charge in [-0.25, -0.2) is 9.18 Å². The maximum Gasteiger partial charge on any atom is 0.235 e. The Morgan fingerprint density at radius 1 is 1.41 bits per heavy atom. The number of nitrogens with zero attached hydrogens (tertiary/aromatic N) is 1. The molecule has 3 heteroatoms. The zero-order valence-electron chi connectivity index (χ0n) is 10.0. The van der Waals surface area contributed by atoms with Gasteiger partial charge in [0.2, 0.25) is 6.08 Å². The molecule has 0 radical (unpaired) electrons. The van der Waals surface area contributed by atoms with E-state index in [0.717, 1.165) is 36.8 Å². The van der Waals surface area contributed by atoms with Gasteiger partial charge in [0.05, 0.1) is 5.54 Å². The van der Waals surface area contributed by atoms with Crippen molar-refractivity contribution in [3.63, 3.8) is 0 Å². The van der Waals surface area contributed by atoms with E-state index in [1.807, 2.05) is 19.1 Å². The lowest BCUT2D eigenvalue weighted by molar-refractivity contribution is 0.449. The Labute approximate surface area is 101 Å². The van der Waals surface area contributed by atoms with Gasteiger partial charge >= 0.3 is 0 Å². The SMILES string of the molecule is Cc1ccc(CF)cc1C1(N=C=O)CCCC1. The number of carbonyl (C=O) groups excluding carboxylic acids is 1. The molecule has 0 N–H and O–H groups in total. The molecule has 0 atom stereocenters. The lowest BCUT2D eigenvalue weighted by Crippen LogP contribution is -2.20. The maximum atomic E-state index is 12.7. The Morgan fingerprint density at radius 2 is 2.12 bits per heavy atom. The Bertz CT molecular complexity index is 457. The molecule has 1 aliphatic rings. The number of aryl methyl sites for hydroxylation is 1. The van der Waals surface area contributed by atoms with E-state index >= 15 is 0 Å². The predicted molar refractivity (Wildman–Crippen MR) is 64.3 cm³/mol. The van der Waals surface area contributed by atoms with Gasteiger partial charge in [-0.15, -0.1) is 0 Å². The topological polar surface area (TPSA) is 29.4 Å². The number of rotatable bonds is 3. The number of isocyanates is 1. The minimum Gasteiger partial charge on any atom is -0.246 e. The van der Waals surface area contributed by atoms with Crippen LogP contribution in [-0.2, 0) is 17.0 Å². The van der Waals surface area contributed by atoms with Crippen molar-refractivity contribution in [2.45, 2.75) is 44.8 Å². The number of halogens is 1. The predicted octanol–water partition coefficient (Wildman–Crippen LogP) is 3.57. The third kappa shape index (κ3) is 2.16. The molecule has 17 heavy (non-hydrogen) atoms. The molecule has 1 fully saturated rings. The third-order valence-electron chi connectivity index (χ3n) is 3.65. The van der Waals surface area contributed by atoms with Crippen LogP contribution in [0, 0.1) is 6.92 Å². The van der Waals surface area contributed by atoms with Gasteiger partial charge in [-0.05, 0) is 36.5 Å². The van der Waals surface area contributed by atoms with Crippen LogP contribution in [0.2, 0.25) is 0 Å². The monoisotopic (exact) mass is 233 g/mol. The summed E-state index contributed by atoms with van der Waals surface area (Å²) in [5.41, 5.74) is 2.27. The Hall–Kier alpha value is -1.47. The van der Waals surface area contributed by atoms with Crippen LogP contribution in [0.3, 0.4) is 0 Å². The molecule has 90 valence electrons. The van der Waals surface area contributed by atoms with Crippen LogP contribution in [0.5, 0.6) is 0 Å². The van der Waals surface area contributed by atoms with Crippen LogP contribution < -0.4 is 0 Å². The first-order chi connectivity index (χ1) is 8.22. The minimum atomic E-state index is -0.478. The van der Waals surface area contributed by atoms with E-state index in [0.29, 0.717) is 5.56 Å². The molecule has 1 aromatic rings. The molecule has 0 aliphatic heterocycles. The zero-order chi connectivity index (χ0) is 12.3. The summed E-state index contributed by atoms with van der Waals surface area (Å²) in [6, 6.07) is 5.54. The van der Waals surface area contributed by atoms with Gasteiger partial charge in [-0.3, -0.25) is 0 Å². The summed E-state index contributed by atoms with van der Waals surface area (Å²) in [4.78, 5) is 14.7. The van der Waals surface area contributed by atoms with Crippen molar-refractivity contribution in [1.82, 2.24) is 0 Å². The summed E-state index contributed by atoms with van der Waals surface area (Å²) in [6.45, 7) is 1.51. The van der Waals surface area contributed by atoms with Crippen LogP contribution in [0.4, 0.5) is 4.39 Å². The largest absolute Gasteiger partial charge is 0.246 e. The van der Waals surface area contributed by atoms with Crippen molar-refractivity contribution in [3.8, 4) is 0 Å². The highest BCUT2D eigenvalue weighted by Gasteiger charge is 2.36. The number of hydrogen-bond acceptors (Lipinski definition) is 2. The highest BCUT2D eigenvalue weighted by Crippen LogP contribution is 2.43. The lowest BCUT2D eigenvalue weighted by atomic mass is 9.85. The number of alkyl halides is 1. The van der Waals surface area contributed by atoms with Crippen molar-refractivity contribution in [3.05, 3.63) is 34.9 Å². The van der Waals surface area contributed by atoms with Gasteiger partial charge < -0.3 is 0 Å². The Balaban J connectivity index is 2.52. The molecule has 1 saturated carbocycles. The van der Waals surface area contributed by atoms with Crippen LogP contribution in [0.1, 0.15) is 42.4 Å². The fourth-order valence-electron chi connectivity index (χ4n) is 2.74. The summed E-state index contributed by atoms with van der Waals surface area (Å²) >= 11 is 0. The second-order valence-electron chi connectivity index (χ2n) is 4.72. The molecule has 0 unspecified atom stereocenters. The second-order valence-corrected chi connectivity index (χ2v) is 4.72. The Kier molecular flexibility index (Phi) is 3.39. The van der Waals surface area contributed by atoms with Gasteiger partial charge in [0.1, 0.15) is 6.67 Å². The maximum absolute atomic E-state index is 12.7. The van der Waals surface area contributed by atoms with Crippen molar-refractivity contribution in [1.29, 1.82) is 0 Å². The molecule has 2 rings (SSSR count). The molecular formula is C14H16FNO. The quantitative estimate of drug-likeness (QED) is 0.579. The number of aliphatic imine (C=N–C) groups is 1. The van der Waals surface area contributed by atoms with Crippen molar-refractivity contribution < 1.29 is 9.18 Å². The van der Waals surface area contributed by atoms with Gasteiger partial charge in [-0.2, -0.15) is 4.99 Å². The first kappa shape index (κ1) is 12.0. The van der Waals surface area contributed by atoms with Crippen molar-refractivity contribution >= 4 is 6.08 Å². The highest BCUT2D eigenvalue weighted by molar-refractivity contribution is 5.42. The zero-order valence-corrected chi connectivity index (χ0v) is 10.0. The van der Waals surface area contributed by atoms with Gasteiger partial charge in [0, 0.05) is 0 Å². The fourth-order valence-corrected chi connectivity index (χ4v) is 2.74. The first-order valence-electron chi connectivity index (χ1n) is 5.97. The molecule has 0 heterocycles. The van der Waals surface area contributed by atoms with E-state index in [1.54, 1.807) is 12.1 Å². The van der Waals surface area contributed by atoms with E-state index in [2.05, 4.69) is 4.99 Å². The van der Waals surface area contributed by atoms with Crippen LogP contribution in [0.15, 0.2) is 23.2 Å². The lowest BCUT2D eigenvalue weighted by Gasteiger charge is -2.25. The van der Waals surface area contributed by atoms with E-state index < -0.39 is 12.2 Å². The average molecular weight is 233 g/mol. The van der Waals surface area contributed by atoms with E-state index in [-0.39, 0.29) is 0 Å². The van der Waals surface area contributed by atoms with Crippen molar-refractivity contribution in [2.75, 3.05) is 0 Å². The molecule has 1 aliphatic carbocycles. The van der Waals surface area contributed by atoms with Gasteiger partial charge in [0.25, 0.3) is 0 Å². The van der Waals surface area contributed by atoms with E-state index in [4.69, 9.17) is 0 Å². The molecule has 0 bridgehead atoms. The molecule has 1 aromatic carbocycles. The fraction of sp³-hybridized carbons (Fsp3) is 0.500. The minimum absolute atomic E-state index is 0.447. The molecule has 0 aromatic heterocycles. The first-order valence-corrected chi connectivity index (χ1v) is 5.97. The Morgan fingerprint density at radius 3 is 2.71 bits per heavy atom.